The van der Waals surface area contributed by atoms with Gasteiger partial charge < -0.3 is 27.9 Å². The number of rotatable bonds is 40. The van der Waals surface area contributed by atoms with Gasteiger partial charge in [0.2, 0.25) is 0 Å². The normalized spacial score (nSPS) is 13.8. The van der Waals surface area contributed by atoms with Crippen molar-refractivity contribution >= 4 is 19.8 Å². The second-order valence-corrected chi connectivity index (χ2v) is 17.5. The molecule has 1 unspecified atom stereocenters. The van der Waals surface area contributed by atoms with Crippen molar-refractivity contribution in [3.63, 3.8) is 0 Å². The van der Waals surface area contributed by atoms with Gasteiger partial charge in [-0.15, -0.1) is 0 Å². The smallest absolute Gasteiger partial charge is 0.306 e. The van der Waals surface area contributed by atoms with Crippen LogP contribution < -0.4 is 4.89 Å². The van der Waals surface area contributed by atoms with E-state index in [1.165, 1.54) is 89.9 Å². The van der Waals surface area contributed by atoms with Gasteiger partial charge in [-0.3, -0.25) is 14.2 Å². The summed E-state index contributed by atoms with van der Waals surface area (Å²) < 4.78 is 33.9. The molecule has 0 aromatic carbocycles. The number of nitrogens with zero attached hydrogens (tertiary/aromatic N) is 1. The molecule has 0 aliphatic heterocycles. The number of hydrogen-bond donors (Lipinski definition) is 0. The fraction of sp³-hybridized carbons (Fsp3) is 0.864. The van der Waals surface area contributed by atoms with Crippen LogP contribution in [0.25, 0.3) is 0 Å². The zero-order valence-corrected chi connectivity index (χ0v) is 36.6. The SMILES string of the molecule is CCCCCCC/C=C\CCCCCCCC(=O)OC[C@H](COP(=O)([O-])OCC[N+](C)(C)C)OC(=O)CCCCCCC/C=C\CCCCCCCCC. The monoisotopic (exact) mass is 786 g/mol. The third-order valence-corrected chi connectivity index (χ3v) is 10.4. The van der Waals surface area contributed by atoms with E-state index in [0.29, 0.717) is 17.4 Å². The van der Waals surface area contributed by atoms with E-state index in [2.05, 4.69) is 38.2 Å². The van der Waals surface area contributed by atoms with E-state index in [9.17, 15) is 19.0 Å². The number of ether oxygens (including phenoxy) is 2. The van der Waals surface area contributed by atoms with Crippen molar-refractivity contribution in [1.82, 2.24) is 0 Å². The van der Waals surface area contributed by atoms with E-state index in [1.807, 2.05) is 21.1 Å². The number of likely N-dealkylation sites (N-methyl/N-ethyl adjacent to an activating group) is 1. The van der Waals surface area contributed by atoms with Gasteiger partial charge in [0.1, 0.15) is 19.8 Å². The quantitative estimate of drug-likeness (QED) is 0.0198. The van der Waals surface area contributed by atoms with Crippen LogP contribution in [0.3, 0.4) is 0 Å². The molecule has 0 aromatic rings. The molecule has 0 aliphatic rings. The number of esters is 2. The van der Waals surface area contributed by atoms with E-state index in [0.717, 1.165) is 70.6 Å². The molecule has 0 N–H and O–H groups in total. The molecule has 0 aliphatic carbocycles. The van der Waals surface area contributed by atoms with Gasteiger partial charge in [-0.1, -0.05) is 141 Å². The van der Waals surface area contributed by atoms with E-state index in [-0.39, 0.29) is 26.1 Å². The third-order valence-electron chi connectivity index (χ3n) is 9.44. The van der Waals surface area contributed by atoms with Crippen LogP contribution in [0.15, 0.2) is 24.3 Å². The van der Waals surface area contributed by atoms with Crippen molar-refractivity contribution in [2.45, 2.75) is 200 Å². The molecule has 0 saturated carbocycles. The van der Waals surface area contributed by atoms with Crippen molar-refractivity contribution in [1.29, 1.82) is 0 Å². The highest BCUT2D eigenvalue weighted by Gasteiger charge is 2.21. The van der Waals surface area contributed by atoms with E-state index < -0.39 is 32.5 Å². The van der Waals surface area contributed by atoms with Crippen LogP contribution >= 0.6 is 7.82 Å². The van der Waals surface area contributed by atoms with Crippen molar-refractivity contribution in [3.05, 3.63) is 24.3 Å². The number of quaternary nitrogens is 1. The Hall–Kier alpha value is -1.51. The summed E-state index contributed by atoms with van der Waals surface area (Å²) in [5.74, 6) is -0.850. The van der Waals surface area contributed by atoms with Crippen LogP contribution in [0.2, 0.25) is 0 Å². The lowest BCUT2D eigenvalue weighted by molar-refractivity contribution is -0.870. The van der Waals surface area contributed by atoms with E-state index in [1.54, 1.807) is 0 Å². The summed E-state index contributed by atoms with van der Waals surface area (Å²) in [6.07, 6.45) is 39.1. The number of carbonyl (C=O) groups excluding carboxylic acids is 2. The molecule has 10 heteroatoms. The zero-order valence-electron chi connectivity index (χ0n) is 35.7. The van der Waals surface area contributed by atoms with Gasteiger partial charge in [-0.2, -0.15) is 0 Å². The summed E-state index contributed by atoms with van der Waals surface area (Å²) in [4.78, 5) is 37.5. The molecule has 0 heterocycles. The minimum absolute atomic E-state index is 0.0326. The van der Waals surface area contributed by atoms with Crippen LogP contribution in [-0.4, -0.2) is 70.0 Å². The Morgan fingerprint density at radius 1 is 0.556 bits per heavy atom. The predicted octanol–water partition coefficient (Wildman–Crippen LogP) is 11.7. The van der Waals surface area contributed by atoms with Crippen molar-refractivity contribution in [2.24, 2.45) is 0 Å². The number of phosphoric acid groups is 1. The maximum absolute atomic E-state index is 12.7. The lowest BCUT2D eigenvalue weighted by Gasteiger charge is -2.28. The van der Waals surface area contributed by atoms with Crippen LogP contribution in [0.4, 0.5) is 0 Å². The Morgan fingerprint density at radius 3 is 1.37 bits per heavy atom. The Labute approximate surface area is 332 Å². The Kier molecular flexibility index (Phi) is 36.1. The van der Waals surface area contributed by atoms with Crippen LogP contribution in [0.1, 0.15) is 194 Å². The number of hydrogen-bond acceptors (Lipinski definition) is 8. The van der Waals surface area contributed by atoms with Gasteiger partial charge in [0, 0.05) is 12.8 Å². The average Bonchev–Trinajstić information content (AvgIpc) is 3.12. The summed E-state index contributed by atoms with van der Waals surface area (Å²) in [5.41, 5.74) is 0. The first-order chi connectivity index (χ1) is 26.0. The highest BCUT2D eigenvalue weighted by atomic mass is 31.2. The van der Waals surface area contributed by atoms with Gasteiger partial charge in [0.15, 0.2) is 6.10 Å². The molecule has 0 amide bonds. The summed E-state index contributed by atoms with van der Waals surface area (Å²) in [6, 6.07) is 0. The maximum atomic E-state index is 12.7. The van der Waals surface area contributed by atoms with Gasteiger partial charge in [0.25, 0.3) is 7.82 Å². The molecule has 0 aromatic heterocycles. The highest BCUT2D eigenvalue weighted by molar-refractivity contribution is 7.45. The van der Waals surface area contributed by atoms with Crippen molar-refractivity contribution in [2.75, 3.05) is 47.5 Å². The van der Waals surface area contributed by atoms with Gasteiger partial charge >= 0.3 is 11.9 Å². The molecule has 9 nitrogen and oxygen atoms in total. The minimum atomic E-state index is -4.62. The highest BCUT2D eigenvalue weighted by Crippen LogP contribution is 2.38. The van der Waals surface area contributed by atoms with Gasteiger partial charge in [0.05, 0.1) is 27.7 Å². The van der Waals surface area contributed by atoms with Crippen LogP contribution in [0, 0.1) is 0 Å². The molecule has 0 radical (unpaired) electrons. The Balaban J connectivity index is 4.38. The van der Waals surface area contributed by atoms with E-state index >= 15 is 0 Å². The molecular formula is C44H84NO8P. The Bertz CT molecular complexity index is 980. The topological polar surface area (TPSA) is 111 Å². The first kappa shape index (κ1) is 52.5. The minimum Gasteiger partial charge on any atom is -0.756 e. The van der Waals surface area contributed by atoms with Crippen molar-refractivity contribution in [3.8, 4) is 0 Å². The standard InChI is InChI=1S/C44H84NO8P/c1-6-8-10-12-14-16-18-20-22-23-25-27-29-31-33-35-37-44(47)53-42(41-52-54(48,49)51-39-38-45(3,4)5)40-50-43(46)36-34-32-30-28-26-24-21-19-17-15-13-11-9-7-2/h19,21-23,42H,6-18,20,24-41H2,1-5H3/b21-19-,23-22-/t42-/m1/s1. The fourth-order valence-electron chi connectivity index (χ4n) is 5.94. The van der Waals surface area contributed by atoms with Gasteiger partial charge in [-0.05, 0) is 64.2 Å². The molecular weight excluding hydrogens is 701 g/mol. The van der Waals surface area contributed by atoms with E-state index in [4.69, 9.17) is 18.5 Å². The number of carbonyl (C=O) groups is 2. The summed E-state index contributed by atoms with van der Waals surface area (Å²) in [5, 5.41) is 0. The van der Waals surface area contributed by atoms with Crippen LogP contribution in [0.5, 0.6) is 0 Å². The summed E-state index contributed by atoms with van der Waals surface area (Å²) in [7, 11) is 1.16. The zero-order chi connectivity index (χ0) is 40.0. The summed E-state index contributed by atoms with van der Waals surface area (Å²) in [6.45, 7) is 4.20. The second-order valence-electron chi connectivity index (χ2n) is 16.1. The molecule has 0 bridgehead atoms. The van der Waals surface area contributed by atoms with Crippen LogP contribution in [-0.2, 0) is 32.7 Å². The molecule has 318 valence electrons. The molecule has 0 fully saturated rings. The number of allylic oxidation sites excluding steroid dienone is 4. The number of phosphoric ester groups is 1. The molecule has 0 saturated heterocycles. The Morgan fingerprint density at radius 2 is 0.944 bits per heavy atom. The first-order valence-corrected chi connectivity index (χ1v) is 23.5. The molecule has 0 rings (SSSR count). The molecule has 54 heavy (non-hydrogen) atoms. The predicted molar refractivity (Wildman–Crippen MR) is 222 cm³/mol. The largest absolute Gasteiger partial charge is 0.756 e. The first-order valence-electron chi connectivity index (χ1n) is 22.0. The van der Waals surface area contributed by atoms with Gasteiger partial charge in [-0.25, -0.2) is 0 Å². The molecule has 2 atom stereocenters. The third kappa shape index (κ3) is 40.2. The fourth-order valence-corrected chi connectivity index (χ4v) is 6.67. The lowest BCUT2D eigenvalue weighted by atomic mass is 10.1. The maximum Gasteiger partial charge on any atom is 0.306 e. The van der Waals surface area contributed by atoms with Crippen molar-refractivity contribution < 1.29 is 42.1 Å². The number of unbranched alkanes of at least 4 members (excludes halogenated alkanes) is 22. The summed E-state index contributed by atoms with van der Waals surface area (Å²) >= 11 is 0. The second kappa shape index (κ2) is 37.1. The molecule has 0 spiro atoms. The lowest BCUT2D eigenvalue weighted by Crippen LogP contribution is -2.37. The average molecular weight is 786 g/mol.